The van der Waals surface area contributed by atoms with E-state index in [1.54, 1.807) is 20.8 Å². The normalized spacial score (nSPS) is 15.3. The molecule has 0 aliphatic rings. The fraction of sp³-hybridized carbons (Fsp3) is 0.778. The molecular weight excluding hydrogens is 202 g/mol. The molecule has 0 radical (unpaired) electrons. The summed E-state index contributed by atoms with van der Waals surface area (Å²) in [4.78, 5) is 21.8. The summed E-state index contributed by atoms with van der Waals surface area (Å²) in [5.74, 6) is -1.52. The first kappa shape index (κ1) is 13.7. The maximum absolute atomic E-state index is 11.2. The molecule has 1 amide bonds. The van der Waals surface area contributed by atoms with Gasteiger partial charge in [0.1, 0.15) is 5.60 Å². The van der Waals surface area contributed by atoms with Crippen LogP contribution in [0.15, 0.2) is 0 Å². The third-order valence-electron chi connectivity index (χ3n) is 1.57. The van der Waals surface area contributed by atoms with Crippen LogP contribution >= 0.6 is 0 Å². The Balaban J connectivity index is 4.45. The highest BCUT2D eigenvalue weighted by atomic mass is 16.6. The summed E-state index contributed by atoms with van der Waals surface area (Å²) in [5, 5.41) is 20.0. The number of amides is 1. The first-order valence-corrected chi connectivity index (χ1v) is 4.57. The summed E-state index contributed by atoms with van der Waals surface area (Å²) >= 11 is 0. The second kappa shape index (κ2) is 4.48. The summed E-state index contributed by atoms with van der Waals surface area (Å²) in [5.41, 5.74) is -3.01. The predicted molar refractivity (Wildman–Crippen MR) is 52.2 cm³/mol. The van der Waals surface area contributed by atoms with E-state index in [0.29, 0.717) is 0 Å². The van der Waals surface area contributed by atoms with Gasteiger partial charge in [0.2, 0.25) is 5.72 Å². The highest BCUT2D eigenvalue weighted by Crippen LogP contribution is 2.10. The molecule has 0 spiro atoms. The topological polar surface area (TPSA) is 95.9 Å². The van der Waals surface area contributed by atoms with Gasteiger partial charge in [-0.05, 0) is 20.8 Å². The Kier molecular flexibility index (Phi) is 4.09. The fourth-order valence-corrected chi connectivity index (χ4v) is 0.766. The first-order chi connectivity index (χ1) is 6.60. The molecular formula is C9H17NO5. The number of aliphatic carboxylic acids is 1. The van der Waals surface area contributed by atoms with E-state index in [4.69, 9.17) is 9.84 Å². The number of nitrogens with one attached hydrogen (secondary N) is 1. The Morgan fingerprint density at radius 3 is 2.07 bits per heavy atom. The maximum Gasteiger partial charge on any atom is 0.410 e. The van der Waals surface area contributed by atoms with Crippen LogP contribution in [0.3, 0.4) is 0 Å². The van der Waals surface area contributed by atoms with Crippen molar-refractivity contribution in [1.82, 2.24) is 5.32 Å². The Morgan fingerprint density at radius 1 is 1.33 bits per heavy atom. The summed E-state index contributed by atoms with van der Waals surface area (Å²) in [6.45, 7) is 6.35. The Labute approximate surface area is 88.2 Å². The van der Waals surface area contributed by atoms with Gasteiger partial charge in [0, 0.05) is 6.42 Å². The zero-order valence-corrected chi connectivity index (χ0v) is 9.33. The molecule has 0 aliphatic carbocycles. The van der Waals surface area contributed by atoms with Crippen molar-refractivity contribution >= 4 is 12.1 Å². The summed E-state index contributed by atoms with van der Waals surface area (Å²) in [6, 6.07) is 0. The highest BCUT2D eigenvalue weighted by molar-refractivity contribution is 5.82. The molecule has 0 bridgehead atoms. The van der Waals surface area contributed by atoms with Crippen LogP contribution in [0, 0.1) is 0 Å². The van der Waals surface area contributed by atoms with E-state index >= 15 is 0 Å². The fourth-order valence-electron chi connectivity index (χ4n) is 0.766. The number of aliphatic hydroxyl groups is 1. The third-order valence-corrected chi connectivity index (χ3v) is 1.57. The molecule has 0 saturated carbocycles. The number of hydrogen-bond acceptors (Lipinski definition) is 4. The largest absolute Gasteiger partial charge is 0.478 e. The monoisotopic (exact) mass is 219 g/mol. The number of carbonyl (C=O) groups is 2. The molecule has 15 heavy (non-hydrogen) atoms. The zero-order chi connectivity index (χ0) is 12.3. The number of carboxylic acid groups (broad SMARTS) is 1. The van der Waals surface area contributed by atoms with E-state index < -0.39 is 23.4 Å². The van der Waals surface area contributed by atoms with Crippen molar-refractivity contribution in [2.24, 2.45) is 0 Å². The van der Waals surface area contributed by atoms with Gasteiger partial charge < -0.3 is 14.9 Å². The predicted octanol–water partition coefficient (Wildman–Crippen LogP) is 0.694. The number of alkyl carbamates (subject to hydrolysis) is 1. The summed E-state index contributed by atoms with van der Waals surface area (Å²) in [7, 11) is 0. The van der Waals surface area contributed by atoms with Crippen LogP contribution in [-0.2, 0) is 9.53 Å². The average molecular weight is 219 g/mol. The Hall–Kier alpha value is -1.30. The van der Waals surface area contributed by atoms with Gasteiger partial charge in [0.15, 0.2) is 0 Å². The lowest BCUT2D eigenvalue weighted by molar-refractivity contribution is -0.162. The van der Waals surface area contributed by atoms with Crippen molar-refractivity contribution in [2.75, 3.05) is 0 Å². The smallest absolute Gasteiger partial charge is 0.410 e. The number of carboxylic acids is 1. The lowest BCUT2D eigenvalue weighted by Gasteiger charge is -2.26. The van der Waals surface area contributed by atoms with Gasteiger partial charge in [-0.2, -0.15) is 0 Å². The molecule has 3 N–H and O–H groups in total. The van der Waals surface area contributed by atoms with Gasteiger partial charge in [0.05, 0.1) is 0 Å². The first-order valence-electron chi connectivity index (χ1n) is 4.57. The molecule has 0 aromatic carbocycles. The van der Waals surface area contributed by atoms with E-state index in [-0.39, 0.29) is 6.42 Å². The lowest BCUT2D eigenvalue weighted by Crippen LogP contribution is -2.55. The van der Waals surface area contributed by atoms with Crippen LogP contribution < -0.4 is 5.32 Å². The molecule has 6 heteroatoms. The SMILES string of the molecule is CCC(O)(NC(=O)OC(C)(C)C)C(=O)O. The summed E-state index contributed by atoms with van der Waals surface area (Å²) < 4.78 is 4.81. The van der Waals surface area contributed by atoms with Gasteiger partial charge in [0.25, 0.3) is 0 Å². The van der Waals surface area contributed by atoms with E-state index in [1.807, 2.05) is 5.32 Å². The molecule has 0 heterocycles. The van der Waals surface area contributed by atoms with Crippen LogP contribution in [0.25, 0.3) is 0 Å². The van der Waals surface area contributed by atoms with Crippen LogP contribution in [-0.4, -0.2) is 33.6 Å². The molecule has 0 aromatic heterocycles. The van der Waals surface area contributed by atoms with Crippen LogP contribution in [0.5, 0.6) is 0 Å². The molecule has 0 rings (SSSR count). The minimum absolute atomic E-state index is 0.151. The minimum atomic E-state index is -2.28. The van der Waals surface area contributed by atoms with Crippen molar-refractivity contribution in [3.63, 3.8) is 0 Å². The number of rotatable bonds is 3. The second-order valence-corrected chi connectivity index (χ2v) is 4.15. The van der Waals surface area contributed by atoms with Gasteiger partial charge in [-0.15, -0.1) is 0 Å². The molecule has 0 aromatic rings. The van der Waals surface area contributed by atoms with Crippen LogP contribution in [0.1, 0.15) is 34.1 Å². The van der Waals surface area contributed by atoms with Crippen LogP contribution in [0.2, 0.25) is 0 Å². The van der Waals surface area contributed by atoms with E-state index in [2.05, 4.69) is 0 Å². The molecule has 0 aliphatic heterocycles. The maximum atomic E-state index is 11.2. The van der Waals surface area contributed by atoms with E-state index in [0.717, 1.165) is 0 Å². The van der Waals surface area contributed by atoms with Crippen LogP contribution in [0.4, 0.5) is 4.79 Å². The third kappa shape index (κ3) is 4.64. The average Bonchev–Trinajstić information content (AvgIpc) is 1.99. The van der Waals surface area contributed by atoms with Crippen molar-refractivity contribution < 1.29 is 24.5 Å². The van der Waals surface area contributed by atoms with Gasteiger partial charge in [-0.1, -0.05) is 6.92 Å². The van der Waals surface area contributed by atoms with Gasteiger partial charge in [-0.3, -0.25) is 5.32 Å². The van der Waals surface area contributed by atoms with Crippen molar-refractivity contribution in [2.45, 2.75) is 45.4 Å². The number of ether oxygens (including phenoxy) is 1. The van der Waals surface area contributed by atoms with Crippen molar-refractivity contribution in [1.29, 1.82) is 0 Å². The Bertz CT molecular complexity index is 258. The van der Waals surface area contributed by atoms with E-state index in [1.165, 1.54) is 6.92 Å². The molecule has 6 nitrogen and oxygen atoms in total. The van der Waals surface area contributed by atoms with Gasteiger partial charge in [-0.25, -0.2) is 9.59 Å². The molecule has 88 valence electrons. The quantitative estimate of drug-likeness (QED) is 0.607. The van der Waals surface area contributed by atoms with E-state index in [9.17, 15) is 14.7 Å². The molecule has 1 unspecified atom stereocenters. The van der Waals surface area contributed by atoms with Crippen molar-refractivity contribution in [3.8, 4) is 0 Å². The Morgan fingerprint density at radius 2 is 1.80 bits per heavy atom. The second-order valence-electron chi connectivity index (χ2n) is 4.15. The van der Waals surface area contributed by atoms with Crippen molar-refractivity contribution in [3.05, 3.63) is 0 Å². The molecule has 0 saturated heterocycles. The molecule has 1 atom stereocenters. The standard InChI is InChI=1S/C9H17NO5/c1-5-9(14,6(11)12)10-7(13)15-8(2,3)4/h14H,5H2,1-4H3,(H,10,13)(H,11,12). The lowest BCUT2D eigenvalue weighted by atomic mass is 10.1. The number of carbonyl (C=O) groups excluding carboxylic acids is 1. The summed E-state index contributed by atoms with van der Waals surface area (Å²) in [6.07, 6.45) is -1.11. The van der Waals surface area contributed by atoms with Gasteiger partial charge >= 0.3 is 12.1 Å². The minimum Gasteiger partial charge on any atom is -0.478 e. The highest BCUT2D eigenvalue weighted by Gasteiger charge is 2.37. The molecule has 0 fully saturated rings. The number of hydrogen-bond donors (Lipinski definition) is 3. The zero-order valence-electron chi connectivity index (χ0n) is 9.33.